The van der Waals surface area contributed by atoms with Gasteiger partial charge >= 0.3 is 6.18 Å². The van der Waals surface area contributed by atoms with Crippen molar-refractivity contribution in [2.75, 3.05) is 4.90 Å². The SMILES string of the molecule is CC(C)S(=O)(=O)Cc1ccc(CCc2ccc3c(c2)C(=O)N(c2ccc(C(F)(F)F)cc2)C3=O)cc1.CC1CC(Oc2ccc(CCc3ccc(CS(=O)(=O)C(C)C)cc3)cc2)CC(C)O1. The highest BCUT2D eigenvalue weighted by molar-refractivity contribution is 7.91. The lowest BCUT2D eigenvalue weighted by Crippen LogP contribution is -2.35. The van der Waals surface area contributed by atoms with Crippen LogP contribution in [0, 0.1) is 0 Å². The minimum absolute atomic E-state index is 0.0126. The molecule has 2 heterocycles. The van der Waals surface area contributed by atoms with Crippen LogP contribution in [0.1, 0.15) is 114 Å². The molecule has 5 aromatic rings. The van der Waals surface area contributed by atoms with Crippen LogP contribution in [0.2, 0.25) is 0 Å². The van der Waals surface area contributed by atoms with Gasteiger partial charge in [0.1, 0.15) is 11.9 Å². The van der Waals surface area contributed by atoms with E-state index in [1.807, 2.05) is 36.4 Å². The fourth-order valence-electron chi connectivity index (χ4n) is 7.82. The van der Waals surface area contributed by atoms with Crippen molar-refractivity contribution in [1.29, 1.82) is 0 Å². The second kappa shape index (κ2) is 21.1. The third kappa shape index (κ3) is 13.2. The summed E-state index contributed by atoms with van der Waals surface area (Å²) in [5, 5.41) is -0.788. The molecule has 2 amide bonds. The van der Waals surface area contributed by atoms with Crippen LogP contribution in [0.4, 0.5) is 18.9 Å². The Kier molecular flexibility index (Phi) is 16.0. The number of benzene rings is 5. The van der Waals surface area contributed by atoms with Gasteiger partial charge in [-0.3, -0.25) is 9.59 Å². The van der Waals surface area contributed by atoms with Crippen LogP contribution in [0.3, 0.4) is 0 Å². The van der Waals surface area contributed by atoms with E-state index in [0.29, 0.717) is 12.8 Å². The summed E-state index contributed by atoms with van der Waals surface area (Å²) in [6.45, 7) is 11.0. The smallest absolute Gasteiger partial charge is 0.416 e. The average molecular weight is 946 g/mol. The van der Waals surface area contributed by atoms with Crippen molar-refractivity contribution in [2.45, 2.75) is 127 Å². The number of alkyl halides is 3. The van der Waals surface area contributed by atoms with Crippen LogP contribution in [-0.4, -0.2) is 57.5 Å². The Morgan fingerprint density at radius 2 is 0.970 bits per heavy atom. The number of amides is 2. The molecule has 0 bridgehead atoms. The average Bonchev–Trinajstić information content (AvgIpc) is 3.50. The first kappa shape index (κ1) is 50.1. The van der Waals surface area contributed by atoms with E-state index in [9.17, 15) is 39.6 Å². The summed E-state index contributed by atoms with van der Waals surface area (Å²) in [7, 11) is -6.24. The summed E-state index contributed by atoms with van der Waals surface area (Å²) in [5.41, 5.74) is 5.52. The molecule has 2 aliphatic rings. The lowest BCUT2D eigenvalue weighted by Gasteiger charge is -2.32. The van der Waals surface area contributed by atoms with Crippen molar-refractivity contribution in [1.82, 2.24) is 0 Å². The molecule has 0 aliphatic carbocycles. The van der Waals surface area contributed by atoms with E-state index in [4.69, 9.17) is 9.47 Å². The van der Waals surface area contributed by atoms with Crippen LogP contribution in [-0.2, 0) is 67.8 Å². The number of carbonyl (C=O) groups excluding carboxylic acids is 2. The number of carbonyl (C=O) groups is 2. The monoisotopic (exact) mass is 945 g/mol. The molecule has 9 nitrogen and oxygen atoms in total. The van der Waals surface area contributed by atoms with Gasteiger partial charge in [0.05, 0.1) is 56.6 Å². The molecule has 2 aliphatic heterocycles. The number of rotatable bonds is 15. The number of imide groups is 1. The molecule has 0 radical (unpaired) electrons. The molecule has 1 saturated heterocycles. The first-order valence-corrected chi connectivity index (χ1v) is 25.7. The maximum atomic E-state index is 12.9. The van der Waals surface area contributed by atoms with Crippen molar-refractivity contribution < 1.29 is 49.1 Å². The number of halogens is 3. The molecule has 0 saturated carbocycles. The van der Waals surface area contributed by atoms with Gasteiger partial charge in [0.15, 0.2) is 19.7 Å². The zero-order valence-electron chi connectivity index (χ0n) is 38.2. The van der Waals surface area contributed by atoms with Gasteiger partial charge in [-0.05, 0) is 149 Å². The quantitative estimate of drug-likeness (QED) is 0.0951. The maximum Gasteiger partial charge on any atom is 0.416 e. The van der Waals surface area contributed by atoms with E-state index < -0.39 is 48.5 Å². The van der Waals surface area contributed by atoms with E-state index in [1.165, 1.54) is 11.1 Å². The highest BCUT2D eigenvalue weighted by Crippen LogP contribution is 2.34. The van der Waals surface area contributed by atoms with Gasteiger partial charge in [-0.15, -0.1) is 0 Å². The predicted octanol–water partition coefficient (Wildman–Crippen LogP) is 10.7. The summed E-state index contributed by atoms with van der Waals surface area (Å²) >= 11 is 0. The molecule has 0 N–H and O–H groups in total. The van der Waals surface area contributed by atoms with Crippen LogP contribution in [0.15, 0.2) is 115 Å². The topological polar surface area (TPSA) is 124 Å². The molecule has 352 valence electrons. The second-order valence-electron chi connectivity index (χ2n) is 17.8. The number of ether oxygens (including phenoxy) is 2. The van der Waals surface area contributed by atoms with Gasteiger partial charge in [-0.1, -0.05) is 66.7 Å². The Balaban J connectivity index is 0.000000222. The van der Waals surface area contributed by atoms with Crippen LogP contribution in [0.25, 0.3) is 0 Å². The summed E-state index contributed by atoms with van der Waals surface area (Å²) in [6, 6.07) is 32.5. The number of nitrogens with zero attached hydrogens (tertiary/aromatic N) is 1. The second-order valence-corrected chi connectivity index (χ2v) is 22.9. The molecule has 5 aromatic carbocycles. The van der Waals surface area contributed by atoms with Crippen LogP contribution >= 0.6 is 0 Å². The largest absolute Gasteiger partial charge is 0.490 e. The standard InChI is InChI=1S/C27H24F3NO4S.C25H34O4S/c1-17(2)36(34,35)16-20-7-4-18(5-8-20)3-6-19-9-14-23-24(15-19)26(33)31(25(23)32)22-12-10-21(11-13-22)27(28,29)30;1-18(2)30(26,27)17-23-9-7-21(8-10-23)5-6-22-11-13-24(14-12-22)29-25-15-19(3)28-20(4)16-25/h4-5,7-15,17H,3,6,16H2,1-2H3;7-14,18-20,25H,5-6,15-17H2,1-4H3. The Labute approximate surface area is 387 Å². The van der Waals surface area contributed by atoms with Crippen LogP contribution in [0.5, 0.6) is 5.75 Å². The number of aryl methyl sites for hydroxylation is 4. The van der Waals surface area contributed by atoms with Crippen molar-refractivity contribution in [3.63, 3.8) is 0 Å². The summed E-state index contributed by atoms with van der Waals surface area (Å²) in [4.78, 5) is 26.6. The van der Waals surface area contributed by atoms with E-state index in [-0.39, 0.29) is 51.9 Å². The Hall–Kier alpha value is -5.31. The van der Waals surface area contributed by atoms with Gasteiger partial charge < -0.3 is 9.47 Å². The molecule has 7 rings (SSSR count). The van der Waals surface area contributed by atoms with E-state index >= 15 is 0 Å². The lowest BCUT2D eigenvalue weighted by atomic mass is 10.00. The minimum Gasteiger partial charge on any atom is -0.490 e. The molecule has 2 unspecified atom stereocenters. The first-order valence-electron chi connectivity index (χ1n) is 22.3. The number of hydrogen-bond donors (Lipinski definition) is 0. The van der Waals surface area contributed by atoms with Gasteiger partial charge in [-0.25, -0.2) is 21.7 Å². The Morgan fingerprint density at radius 1 is 0.576 bits per heavy atom. The fourth-order valence-corrected chi connectivity index (χ4v) is 9.81. The third-order valence-corrected chi connectivity index (χ3v) is 16.3. The molecule has 0 spiro atoms. The van der Waals surface area contributed by atoms with Crippen LogP contribution < -0.4 is 9.64 Å². The van der Waals surface area contributed by atoms with Gasteiger partial charge in [0, 0.05) is 12.8 Å². The summed E-state index contributed by atoms with van der Waals surface area (Å²) in [6.07, 6.45) is 1.14. The number of anilines is 1. The van der Waals surface area contributed by atoms with E-state index in [2.05, 4.69) is 38.1 Å². The Morgan fingerprint density at radius 3 is 1.41 bits per heavy atom. The number of hydrogen-bond acceptors (Lipinski definition) is 8. The summed E-state index contributed by atoms with van der Waals surface area (Å²) in [5.74, 6) is -0.139. The maximum absolute atomic E-state index is 12.9. The first-order chi connectivity index (χ1) is 31.1. The minimum atomic E-state index is -4.51. The van der Waals surface area contributed by atoms with Gasteiger partial charge in [0.25, 0.3) is 11.8 Å². The predicted molar refractivity (Wildman–Crippen MR) is 252 cm³/mol. The van der Waals surface area contributed by atoms with E-state index in [1.54, 1.807) is 58.0 Å². The van der Waals surface area contributed by atoms with Crippen molar-refractivity contribution in [2.24, 2.45) is 0 Å². The number of sulfone groups is 2. The molecule has 1 fully saturated rings. The Bertz CT molecular complexity index is 2670. The molecular formula is C52H58F3NO8S2. The summed E-state index contributed by atoms with van der Waals surface area (Å²) < 4.78 is 98.8. The third-order valence-electron chi connectivity index (χ3n) is 11.9. The lowest BCUT2D eigenvalue weighted by molar-refractivity contribution is -0.137. The zero-order valence-corrected chi connectivity index (χ0v) is 39.8. The highest BCUT2D eigenvalue weighted by Gasteiger charge is 2.38. The molecule has 14 heteroatoms. The molecule has 2 atom stereocenters. The fraction of sp³-hybridized carbons (Fsp3) is 0.385. The zero-order chi connectivity index (χ0) is 48.0. The van der Waals surface area contributed by atoms with Crippen molar-refractivity contribution in [3.8, 4) is 5.75 Å². The molecule has 0 aromatic heterocycles. The molecule has 66 heavy (non-hydrogen) atoms. The number of fused-ring (bicyclic) bond motifs is 1. The van der Waals surface area contributed by atoms with Crippen molar-refractivity contribution in [3.05, 3.63) is 165 Å². The molecular weight excluding hydrogens is 888 g/mol. The van der Waals surface area contributed by atoms with E-state index in [0.717, 1.165) is 82.9 Å². The van der Waals surface area contributed by atoms with Gasteiger partial charge in [0.2, 0.25) is 0 Å². The normalized spacial score (nSPS) is 17.7. The van der Waals surface area contributed by atoms with Crippen molar-refractivity contribution >= 4 is 37.2 Å². The highest BCUT2D eigenvalue weighted by atomic mass is 32.2. The van der Waals surface area contributed by atoms with Gasteiger partial charge in [-0.2, -0.15) is 13.2 Å².